The molecule has 0 unspecified atom stereocenters. The minimum Gasteiger partial charge on any atom is -0.385 e. The number of amides is 1. The molecule has 0 saturated carbocycles. The number of hydrogen-bond donors (Lipinski definition) is 1. The first-order valence-electron chi connectivity index (χ1n) is 7.06. The molecule has 7 heteroatoms. The van der Waals surface area contributed by atoms with Crippen molar-refractivity contribution >= 4 is 5.91 Å². The third kappa shape index (κ3) is 3.77. The minimum atomic E-state index is -0.0376. The highest BCUT2D eigenvalue weighted by Gasteiger charge is 2.28. The topological polar surface area (TPSA) is 74.3 Å². The number of hydrogen-bond acceptors (Lipinski definition) is 5. The maximum Gasteiger partial charge on any atom is 0.276 e. The van der Waals surface area contributed by atoms with Crippen molar-refractivity contribution in [1.29, 1.82) is 0 Å². The van der Waals surface area contributed by atoms with Gasteiger partial charge in [0.05, 0.1) is 6.20 Å². The molecule has 2 heterocycles. The van der Waals surface area contributed by atoms with Crippen LogP contribution < -0.4 is 0 Å². The molecule has 20 heavy (non-hydrogen) atoms. The largest absolute Gasteiger partial charge is 0.385 e. The Kier molecular flexibility index (Phi) is 5.49. The van der Waals surface area contributed by atoms with Gasteiger partial charge >= 0.3 is 0 Å². The summed E-state index contributed by atoms with van der Waals surface area (Å²) in [5.74, 6) is -0.0376. The number of piperidine rings is 1. The summed E-state index contributed by atoms with van der Waals surface area (Å²) in [7, 11) is 3.80. The molecule has 0 aromatic carbocycles. The molecular weight excluding hydrogens is 258 g/mol. The van der Waals surface area contributed by atoms with Crippen LogP contribution in [0.25, 0.3) is 0 Å². The number of nitrogens with one attached hydrogen (secondary N) is 1. The van der Waals surface area contributed by atoms with Gasteiger partial charge in [0.2, 0.25) is 0 Å². The Bertz CT molecular complexity index is 401. The summed E-state index contributed by atoms with van der Waals surface area (Å²) in [4.78, 5) is 16.8. The molecule has 0 atom stereocenters. The van der Waals surface area contributed by atoms with Crippen LogP contribution >= 0.6 is 0 Å². The molecule has 1 aliphatic heterocycles. The Hall–Kier alpha value is -1.47. The second-order valence-electron chi connectivity index (χ2n) is 5.23. The first-order valence-corrected chi connectivity index (χ1v) is 7.06. The second-order valence-corrected chi connectivity index (χ2v) is 5.23. The van der Waals surface area contributed by atoms with E-state index < -0.39 is 0 Å². The fraction of sp³-hybridized carbons (Fsp3) is 0.769. The van der Waals surface area contributed by atoms with Crippen molar-refractivity contribution in [2.75, 3.05) is 40.4 Å². The van der Waals surface area contributed by atoms with Crippen molar-refractivity contribution in [3.05, 3.63) is 11.9 Å². The van der Waals surface area contributed by atoms with Gasteiger partial charge in [-0.15, -0.1) is 0 Å². The number of ether oxygens (including phenoxy) is 1. The van der Waals surface area contributed by atoms with Crippen LogP contribution in [0.1, 0.15) is 29.8 Å². The molecule has 1 saturated heterocycles. The summed E-state index contributed by atoms with van der Waals surface area (Å²) in [6.45, 7) is 3.41. The van der Waals surface area contributed by atoms with E-state index in [0.29, 0.717) is 18.8 Å². The third-order valence-electron chi connectivity index (χ3n) is 3.77. The summed E-state index contributed by atoms with van der Waals surface area (Å²) < 4.78 is 5.09. The highest BCUT2D eigenvalue weighted by molar-refractivity contribution is 5.92. The van der Waals surface area contributed by atoms with Gasteiger partial charge in [0.1, 0.15) is 0 Å². The van der Waals surface area contributed by atoms with Crippen LogP contribution in [0.5, 0.6) is 0 Å². The fourth-order valence-electron chi connectivity index (χ4n) is 2.59. The molecule has 0 bridgehead atoms. The van der Waals surface area contributed by atoms with Gasteiger partial charge < -0.3 is 14.5 Å². The van der Waals surface area contributed by atoms with Crippen LogP contribution in [0.2, 0.25) is 0 Å². The molecule has 1 fully saturated rings. The molecule has 112 valence electrons. The Morgan fingerprint density at radius 1 is 1.55 bits per heavy atom. The number of likely N-dealkylation sites (tertiary alicyclic amines) is 1. The van der Waals surface area contributed by atoms with Gasteiger partial charge in [-0.2, -0.15) is 15.4 Å². The Balaban J connectivity index is 2.01. The SMILES string of the molecule is COCCCN(C(=O)c1cn[nH]n1)C1CCN(C)CC1. The zero-order valence-electron chi connectivity index (χ0n) is 12.2. The molecule has 0 radical (unpaired) electrons. The lowest BCUT2D eigenvalue weighted by Crippen LogP contribution is -2.47. The molecule has 1 aliphatic rings. The first kappa shape index (κ1) is 14.9. The predicted molar refractivity (Wildman–Crippen MR) is 74.4 cm³/mol. The van der Waals surface area contributed by atoms with Gasteiger partial charge in [-0.3, -0.25) is 4.79 Å². The smallest absolute Gasteiger partial charge is 0.276 e. The first-order chi connectivity index (χ1) is 9.72. The van der Waals surface area contributed by atoms with Gasteiger partial charge in [0.15, 0.2) is 5.69 Å². The summed E-state index contributed by atoms with van der Waals surface area (Å²) in [5.41, 5.74) is 0.390. The summed E-state index contributed by atoms with van der Waals surface area (Å²) in [5, 5.41) is 10.1. The number of rotatable bonds is 6. The van der Waals surface area contributed by atoms with Gasteiger partial charge in [-0.1, -0.05) is 0 Å². The molecule has 0 aliphatic carbocycles. The van der Waals surface area contributed by atoms with E-state index in [2.05, 4.69) is 27.4 Å². The van der Waals surface area contributed by atoms with Crippen LogP contribution in [-0.4, -0.2) is 77.6 Å². The van der Waals surface area contributed by atoms with E-state index in [1.54, 1.807) is 7.11 Å². The van der Waals surface area contributed by atoms with Crippen molar-refractivity contribution in [3.8, 4) is 0 Å². The van der Waals surface area contributed by atoms with Crippen LogP contribution in [0.3, 0.4) is 0 Å². The average molecular weight is 281 g/mol. The summed E-state index contributed by atoms with van der Waals surface area (Å²) in [6, 6.07) is 0.284. The van der Waals surface area contributed by atoms with Crippen LogP contribution in [0, 0.1) is 0 Å². The Labute approximate surface area is 119 Å². The number of H-pyrrole nitrogens is 1. The highest BCUT2D eigenvalue weighted by atomic mass is 16.5. The lowest BCUT2D eigenvalue weighted by atomic mass is 10.0. The van der Waals surface area contributed by atoms with E-state index in [9.17, 15) is 4.79 Å². The average Bonchev–Trinajstić information content (AvgIpc) is 2.98. The fourth-order valence-corrected chi connectivity index (χ4v) is 2.59. The normalized spacial score (nSPS) is 17.3. The number of methoxy groups -OCH3 is 1. The maximum atomic E-state index is 12.5. The van der Waals surface area contributed by atoms with Crippen LogP contribution in [-0.2, 0) is 4.74 Å². The van der Waals surface area contributed by atoms with Gasteiger partial charge in [-0.05, 0) is 39.4 Å². The number of carbonyl (C=O) groups excluding carboxylic acids is 1. The van der Waals surface area contributed by atoms with Gasteiger partial charge in [0.25, 0.3) is 5.91 Å². The van der Waals surface area contributed by atoms with Crippen molar-refractivity contribution in [1.82, 2.24) is 25.2 Å². The molecule has 1 aromatic rings. The minimum absolute atomic E-state index is 0.0376. The van der Waals surface area contributed by atoms with Gasteiger partial charge in [-0.25, -0.2) is 0 Å². The van der Waals surface area contributed by atoms with Crippen LogP contribution in [0.4, 0.5) is 0 Å². The van der Waals surface area contributed by atoms with Crippen molar-refractivity contribution < 1.29 is 9.53 Å². The van der Waals surface area contributed by atoms with E-state index in [4.69, 9.17) is 4.74 Å². The predicted octanol–water partition coefficient (Wildman–Crippen LogP) is 0.378. The molecule has 1 aromatic heterocycles. The molecule has 0 spiro atoms. The van der Waals surface area contributed by atoms with Crippen LogP contribution in [0.15, 0.2) is 6.20 Å². The molecule has 1 amide bonds. The number of aromatic nitrogens is 3. The van der Waals surface area contributed by atoms with E-state index in [1.807, 2.05) is 4.90 Å². The number of nitrogens with zero attached hydrogens (tertiary/aromatic N) is 4. The quantitative estimate of drug-likeness (QED) is 0.763. The lowest BCUT2D eigenvalue weighted by molar-refractivity contribution is 0.0558. The monoisotopic (exact) mass is 281 g/mol. The third-order valence-corrected chi connectivity index (χ3v) is 3.77. The Morgan fingerprint density at radius 2 is 2.30 bits per heavy atom. The lowest BCUT2D eigenvalue weighted by Gasteiger charge is -2.37. The number of aromatic amines is 1. The highest BCUT2D eigenvalue weighted by Crippen LogP contribution is 2.18. The van der Waals surface area contributed by atoms with E-state index in [0.717, 1.165) is 32.4 Å². The zero-order valence-corrected chi connectivity index (χ0v) is 12.2. The molecule has 7 nitrogen and oxygen atoms in total. The molecular formula is C13H23N5O2. The second kappa shape index (κ2) is 7.35. The van der Waals surface area contributed by atoms with E-state index >= 15 is 0 Å². The van der Waals surface area contributed by atoms with Crippen molar-refractivity contribution in [2.24, 2.45) is 0 Å². The number of carbonyl (C=O) groups is 1. The summed E-state index contributed by atoms with van der Waals surface area (Å²) >= 11 is 0. The summed E-state index contributed by atoms with van der Waals surface area (Å²) in [6.07, 6.45) is 4.34. The van der Waals surface area contributed by atoms with Crippen molar-refractivity contribution in [3.63, 3.8) is 0 Å². The van der Waals surface area contributed by atoms with Gasteiger partial charge in [0, 0.05) is 26.3 Å². The maximum absolute atomic E-state index is 12.5. The molecule has 2 rings (SSSR count). The zero-order chi connectivity index (χ0) is 14.4. The standard InChI is InChI=1S/C13H23N5O2/c1-17-7-4-11(5-8-17)18(6-3-9-20-2)13(19)12-10-14-16-15-12/h10-11H,3-9H2,1-2H3,(H,14,15,16). The van der Waals surface area contributed by atoms with E-state index in [-0.39, 0.29) is 11.9 Å². The van der Waals surface area contributed by atoms with Crippen molar-refractivity contribution in [2.45, 2.75) is 25.3 Å². The Morgan fingerprint density at radius 3 is 2.90 bits per heavy atom. The van der Waals surface area contributed by atoms with E-state index in [1.165, 1.54) is 6.20 Å². The molecule has 1 N–H and O–H groups in total.